The minimum absolute atomic E-state index is 0.408. The van der Waals surface area contributed by atoms with Crippen LogP contribution in [0.5, 0.6) is 0 Å². The molecule has 3 fully saturated rings. The molecule has 1 aromatic heterocycles. The average molecular weight is 501 g/mol. The second-order valence-electron chi connectivity index (χ2n) is 10.9. The molecule has 5 rings (SSSR count). The molecule has 2 bridgehead atoms. The molecule has 0 spiro atoms. The van der Waals surface area contributed by atoms with Gasteiger partial charge in [0.05, 0.1) is 12.5 Å². The molecule has 3 saturated heterocycles. The number of rotatable bonds is 7. The minimum atomic E-state index is -3.12. The van der Waals surface area contributed by atoms with Crippen LogP contribution in [-0.4, -0.2) is 65.1 Å². The quantitative estimate of drug-likeness (QED) is 0.562. The Kier molecular flexibility index (Phi) is 7.24. The van der Waals surface area contributed by atoms with Crippen molar-refractivity contribution in [3.05, 3.63) is 54.0 Å². The second-order valence-corrected chi connectivity index (χ2v) is 12.9. The molecule has 0 N–H and O–H groups in total. The van der Waals surface area contributed by atoms with Gasteiger partial charge in [0.2, 0.25) is 10.0 Å². The van der Waals surface area contributed by atoms with E-state index < -0.39 is 10.0 Å². The van der Waals surface area contributed by atoms with Gasteiger partial charge in [0.1, 0.15) is 11.6 Å². The van der Waals surface area contributed by atoms with E-state index in [2.05, 4.69) is 45.9 Å². The first-order chi connectivity index (χ1) is 16.8. The van der Waals surface area contributed by atoms with E-state index in [1.165, 1.54) is 43.3 Å². The zero-order valence-corrected chi connectivity index (χ0v) is 22.2. The van der Waals surface area contributed by atoms with Gasteiger partial charge in [-0.25, -0.2) is 17.7 Å². The van der Waals surface area contributed by atoms with Crippen molar-refractivity contribution in [1.82, 2.24) is 18.8 Å². The van der Waals surface area contributed by atoms with Crippen LogP contribution < -0.4 is 0 Å². The van der Waals surface area contributed by atoms with Crippen LogP contribution in [0.4, 0.5) is 0 Å². The number of allylic oxidation sites excluding steroid dienone is 5. The van der Waals surface area contributed by atoms with E-state index in [0.29, 0.717) is 42.9 Å². The molecule has 0 aliphatic carbocycles. The Labute approximate surface area is 210 Å². The Balaban J connectivity index is 1.28. The predicted octanol–water partition coefficient (Wildman–Crippen LogP) is 4.18. The molecule has 7 nitrogen and oxygen atoms in total. The van der Waals surface area contributed by atoms with Crippen LogP contribution in [0.15, 0.2) is 48.2 Å². The number of ether oxygens (including phenoxy) is 1. The van der Waals surface area contributed by atoms with E-state index in [1.54, 1.807) is 4.31 Å². The summed E-state index contributed by atoms with van der Waals surface area (Å²) in [5, 5.41) is 0. The number of hydrogen-bond donors (Lipinski definition) is 0. The summed E-state index contributed by atoms with van der Waals surface area (Å²) in [6.45, 7) is 4.34. The minimum Gasteiger partial charge on any atom is -0.470 e. The maximum absolute atomic E-state index is 12.1. The molecular weight excluding hydrogens is 460 g/mol. The molecular formula is C27H40N4O3S. The van der Waals surface area contributed by atoms with Gasteiger partial charge in [0.25, 0.3) is 0 Å². The lowest BCUT2D eigenvalue weighted by molar-refractivity contribution is 0.109. The van der Waals surface area contributed by atoms with E-state index in [0.717, 1.165) is 31.6 Å². The zero-order valence-electron chi connectivity index (χ0n) is 21.3. The molecule has 8 heteroatoms. The normalized spacial score (nSPS) is 29.4. The topological polar surface area (TPSA) is 67.7 Å². The summed E-state index contributed by atoms with van der Waals surface area (Å²) in [5.41, 5.74) is 1.31. The lowest BCUT2D eigenvalue weighted by Crippen LogP contribution is -2.44. The summed E-state index contributed by atoms with van der Waals surface area (Å²) in [4.78, 5) is 7.45. The lowest BCUT2D eigenvalue weighted by atomic mass is 9.77. The number of nitrogens with zero attached hydrogens (tertiary/aromatic N) is 4. The molecule has 35 heavy (non-hydrogen) atoms. The van der Waals surface area contributed by atoms with Crippen LogP contribution in [0.25, 0.3) is 0 Å². The van der Waals surface area contributed by atoms with Gasteiger partial charge < -0.3 is 9.30 Å². The van der Waals surface area contributed by atoms with Crippen molar-refractivity contribution in [2.45, 2.75) is 69.9 Å². The molecule has 0 aromatic carbocycles. The zero-order chi connectivity index (χ0) is 24.6. The lowest BCUT2D eigenvalue weighted by Gasteiger charge is -2.41. The highest BCUT2D eigenvalue weighted by Gasteiger charge is 2.42. The van der Waals surface area contributed by atoms with Gasteiger partial charge in [-0.3, -0.25) is 4.90 Å². The smallest absolute Gasteiger partial charge is 0.211 e. The summed E-state index contributed by atoms with van der Waals surface area (Å²) in [5.74, 6) is 3.60. The van der Waals surface area contributed by atoms with Crippen molar-refractivity contribution in [3.8, 4) is 0 Å². The fourth-order valence-electron chi connectivity index (χ4n) is 6.97. The molecule has 3 unspecified atom stereocenters. The number of sulfonamides is 1. The van der Waals surface area contributed by atoms with Crippen molar-refractivity contribution >= 4 is 10.0 Å². The van der Waals surface area contributed by atoms with Gasteiger partial charge in [-0.15, -0.1) is 0 Å². The summed E-state index contributed by atoms with van der Waals surface area (Å²) in [6.07, 6.45) is 21.5. The van der Waals surface area contributed by atoms with Crippen molar-refractivity contribution in [2.24, 2.45) is 18.9 Å². The van der Waals surface area contributed by atoms with Crippen LogP contribution in [0, 0.1) is 11.8 Å². The van der Waals surface area contributed by atoms with E-state index in [-0.39, 0.29) is 0 Å². The van der Waals surface area contributed by atoms with Crippen LogP contribution in [-0.2, 0) is 21.8 Å². The summed E-state index contributed by atoms with van der Waals surface area (Å²) in [6, 6.07) is 1.29. The van der Waals surface area contributed by atoms with Crippen molar-refractivity contribution in [2.75, 3.05) is 25.9 Å². The molecule has 0 saturated carbocycles. The number of fused-ring (bicyclic) bond motifs is 2. The highest BCUT2D eigenvalue weighted by molar-refractivity contribution is 7.88. The monoisotopic (exact) mass is 500 g/mol. The molecule has 4 aliphatic rings. The van der Waals surface area contributed by atoms with E-state index in [1.807, 2.05) is 19.4 Å². The molecule has 3 atom stereocenters. The molecule has 192 valence electrons. The first-order valence-corrected chi connectivity index (χ1v) is 15.0. The second kappa shape index (κ2) is 10.2. The Morgan fingerprint density at radius 2 is 1.83 bits per heavy atom. The van der Waals surface area contributed by atoms with Gasteiger partial charge in [-0.1, -0.05) is 6.08 Å². The summed E-state index contributed by atoms with van der Waals surface area (Å²) >= 11 is 0. The number of piperidine rings is 2. The maximum atomic E-state index is 12.1. The Morgan fingerprint density at radius 1 is 1.11 bits per heavy atom. The van der Waals surface area contributed by atoms with Gasteiger partial charge >= 0.3 is 0 Å². The van der Waals surface area contributed by atoms with Crippen LogP contribution >= 0.6 is 0 Å². The van der Waals surface area contributed by atoms with Crippen molar-refractivity contribution < 1.29 is 13.2 Å². The highest BCUT2D eigenvalue weighted by Crippen LogP contribution is 2.43. The number of aromatic nitrogens is 2. The van der Waals surface area contributed by atoms with E-state index in [4.69, 9.17) is 4.74 Å². The van der Waals surface area contributed by atoms with Crippen molar-refractivity contribution in [3.63, 3.8) is 0 Å². The van der Waals surface area contributed by atoms with E-state index in [9.17, 15) is 8.42 Å². The highest BCUT2D eigenvalue weighted by atomic mass is 32.2. The standard InChI is InChI=1S/C27H40N4O3S/c1-20-4-5-21(11-17-34-20)26(22-8-13-30(14-9-22)35(3,32)33)10-15-31-24-6-7-25(31)19-23(18-24)27-28-12-16-29(27)2/h4-5,11-12,16-17,22-26H,6-10,13-15,18-19H2,1-3H3. The van der Waals surface area contributed by atoms with Crippen LogP contribution in [0.3, 0.4) is 0 Å². The maximum Gasteiger partial charge on any atom is 0.211 e. The average Bonchev–Trinajstić information content (AvgIpc) is 3.26. The van der Waals surface area contributed by atoms with Gasteiger partial charge in [0.15, 0.2) is 0 Å². The summed E-state index contributed by atoms with van der Waals surface area (Å²) < 4.78 is 33.6. The van der Waals surface area contributed by atoms with Gasteiger partial charge in [-0.2, -0.15) is 0 Å². The SMILES string of the molecule is CC1=CC=C(C(CCN2C3CCC2CC(c2nccn2C)C3)C2CCN(S(C)(=O)=O)CC2)C=CO1. The first kappa shape index (κ1) is 24.8. The molecule has 0 amide bonds. The molecule has 1 aromatic rings. The predicted molar refractivity (Wildman–Crippen MR) is 138 cm³/mol. The Hall–Kier alpha value is -1.90. The van der Waals surface area contributed by atoms with Gasteiger partial charge in [-0.05, 0) is 88.0 Å². The molecule has 4 aliphatic heterocycles. The number of aryl methyl sites for hydroxylation is 1. The van der Waals surface area contributed by atoms with E-state index >= 15 is 0 Å². The Morgan fingerprint density at radius 3 is 2.46 bits per heavy atom. The number of hydrogen-bond acceptors (Lipinski definition) is 5. The molecule has 0 radical (unpaired) electrons. The largest absolute Gasteiger partial charge is 0.470 e. The van der Waals surface area contributed by atoms with Gasteiger partial charge in [0, 0.05) is 50.5 Å². The fraction of sp³-hybridized carbons (Fsp3) is 0.667. The third-order valence-electron chi connectivity index (χ3n) is 8.80. The third-order valence-corrected chi connectivity index (χ3v) is 10.1. The van der Waals surface area contributed by atoms with Crippen LogP contribution in [0.2, 0.25) is 0 Å². The Bertz CT molecular complexity index is 1080. The fourth-order valence-corrected chi connectivity index (χ4v) is 7.84. The number of imidazole rings is 1. The summed E-state index contributed by atoms with van der Waals surface area (Å²) in [7, 11) is -1.00. The van der Waals surface area contributed by atoms with Crippen molar-refractivity contribution in [1.29, 1.82) is 0 Å². The first-order valence-electron chi connectivity index (χ1n) is 13.2. The van der Waals surface area contributed by atoms with Crippen LogP contribution in [0.1, 0.15) is 63.6 Å². The third kappa shape index (κ3) is 5.44. The molecule has 5 heterocycles.